The van der Waals surface area contributed by atoms with Crippen molar-refractivity contribution in [1.29, 1.82) is 0 Å². The number of carbonyl (C=O) groups is 3. The van der Waals surface area contributed by atoms with Crippen LogP contribution in [0.1, 0.15) is 61.5 Å². The molecule has 6 rings (SSSR count). The highest BCUT2D eigenvalue weighted by Gasteiger charge is 2.43. The minimum Gasteiger partial charge on any atom is -0.482 e. The molecule has 2 heterocycles. The molecular weight excluding hydrogens is 494 g/mol. The Kier molecular flexibility index (Phi) is 7.30. The molecule has 0 radical (unpaired) electrons. The molecule has 0 unspecified atom stereocenters. The van der Waals surface area contributed by atoms with Gasteiger partial charge in [0.1, 0.15) is 5.75 Å². The largest absolute Gasteiger partial charge is 0.482 e. The predicted molar refractivity (Wildman–Crippen MR) is 148 cm³/mol. The summed E-state index contributed by atoms with van der Waals surface area (Å²) in [5.74, 6) is 0.986. The molecule has 0 N–H and O–H groups in total. The molecular formula is C31H37N3O5. The van der Waals surface area contributed by atoms with E-state index in [0.717, 1.165) is 31.4 Å². The van der Waals surface area contributed by atoms with Crippen LogP contribution in [0.2, 0.25) is 0 Å². The zero-order valence-corrected chi connectivity index (χ0v) is 22.6. The van der Waals surface area contributed by atoms with Crippen molar-refractivity contribution >= 4 is 29.6 Å². The first-order chi connectivity index (χ1) is 19.1. The molecule has 2 aliphatic heterocycles. The van der Waals surface area contributed by atoms with Crippen LogP contribution in [0.15, 0.2) is 42.5 Å². The number of rotatable bonds is 10. The van der Waals surface area contributed by atoms with Gasteiger partial charge in [-0.2, -0.15) is 0 Å². The lowest BCUT2D eigenvalue weighted by Crippen LogP contribution is -2.48. The summed E-state index contributed by atoms with van der Waals surface area (Å²) >= 11 is 0. The minimum atomic E-state index is -0.328. The molecule has 8 heteroatoms. The van der Waals surface area contributed by atoms with E-state index in [0.29, 0.717) is 50.0 Å². The summed E-state index contributed by atoms with van der Waals surface area (Å²) in [5, 5.41) is 0. The number of fused-ring (bicyclic) bond motifs is 1. The molecule has 2 atom stereocenters. The van der Waals surface area contributed by atoms with Crippen molar-refractivity contribution in [2.45, 2.75) is 56.4 Å². The summed E-state index contributed by atoms with van der Waals surface area (Å²) in [6, 6.07) is 14.6. The molecule has 0 spiro atoms. The quantitative estimate of drug-likeness (QED) is 0.341. The van der Waals surface area contributed by atoms with Crippen LogP contribution in [0.5, 0.6) is 5.75 Å². The Morgan fingerprint density at radius 1 is 1.10 bits per heavy atom. The first-order valence-corrected chi connectivity index (χ1v) is 14.3. The highest BCUT2D eigenvalue weighted by atomic mass is 16.5. The Morgan fingerprint density at radius 2 is 1.92 bits per heavy atom. The van der Waals surface area contributed by atoms with Gasteiger partial charge in [0.25, 0.3) is 5.91 Å². The summed E-state index contributed by atoms with van der Waals surface area (Å²) in [5.41, 5.74) is 4.05. The van der Waals surface area contributed by atoms with Gasteiger partial charge in [-0.1, -0.05) is 24.3 Å². The van der Waals surface area contributed by atoms with E-state index in [1.807, 2.05) is 23.1 Å². The molecule has 0 aromatic heterocycles. The Bertz CT molecular complexity index is 1240. The fraction of sp³-hybridized carbons (Fsp3) is 0.516. The van der Waals surface area contributed by atoms with Crippen molar-refractivity contribution in [3.05, 3.63) is 53.6 Å². The fourth-order valence-corrected chi connectivity index (χ4v) is 6.16. The second kappa shape index (κ2) is 11.0. The van der Waals surface area contributed by atoms with Crippen LogP contribution in [0.25, 0.3) is 0 Å². The maximum atomic E-state index is 14.4. The average molecular weight is 532 g/mol. The fourth-order valence-electron chi connectivity index (χ4n) is 6.16. The number of methoxy groups -OCH3 is 1. The lowest BCUT2D eigenvalue weighted by molar-refractivity contribution is -0.128. The number of amides is 3. The van der Waals surface area contributed by atoms with Crippen molar-refractivity contribution in [2.24, 2.45) is 5.92 Å². The highest BCUT2D eigenvalue weighted by molar-refractivity contribution is 6.01. The van der Waals surface area contributed by atoms with E-state index in [1.54, 1.807) is 16.9 Å². The van der Waals surface area contributed by atoms with Gasteiger partial charge in [-0.25, -0.2) is 0 Å². The Labute approximate surface area is 229 Å². The van der Waals surface area contributed by atoms with Gasteiger partial charge in [0.15, 0.2) is 6.61 Å². The third kappa shape index (κ3) is 5.39. The lowest BCUT2D eigenvalue weighted by Gasteiger charge is -2.39. The first-order valence-electron chi connectivity index (χ1n) is 14.3. The standard InChI is InChI=1S/C31H37N3O5/c1-38-15-3-13-33-28-17-25(10-11-29(28)39-19-30(33)36)34(24-8-9-24)31(37)27-18-32(20-35)14-12-26(27)23-5-2-4-22(16-23)21-6-7-21/h2,4-5,10-11,16-17,20-21,24,26-27H,3,6-9,12-15,18-19H2,1H3/t26-,27+/m1/s1. The summed E-state index contributed by atoms with van der Waals surface area (Å²) in [6.07, 6.45) is 6.71. The van der Waals surface area contributed by atoms with E-state index in [1.165, 1.54) is 24.0 Å². The number of hydrogen-bond acceptors (Lipinski definition) is 5. The third-order valence-corrected chi connectivity index (χ3v) is 8.54. The van der Waals surface area contributed by atoms with Gasteiger partial charge in [0.2, 0.25) is 12.3 Å². The molecule has 206 valence electrons. The Morgan fingerprint density at radius 3 is 2.67 bits per heavy atom. The lowest BCUT2D eigenvalue weighted by atomic mass is 9.79. The van der Waals surface area contributed by atoms with E-state index in [4.69, 9.17) is 9.47 Å². The van der Waals surface area contributed by atoms with Crippen LogP contribution in [-0.4, -0.2) is 69.1 Å². The summed E-state index contributed by atoms with van der Waals surface area (Å²) in [7, 11) is 1.65. The van der Waals surface area contributed by atoms with Crippen LogP contribution in [0, 0.1) is 5.92 Å². The van der Waals surface area contributed by atoms with Crippen molar-refractivity contribution < 1.29 is 23.9 Å². The molecule has 2 aromatic rings. The van der Waals surface area contributed by atoms with Crippen LogP contribution in [0.4, 0.5) is 11.4 Å². The molecule has 4 aliphatic rings. The van der Waals surface area contributed by atoms with Gasteiger partial charge < -0.3 is 24.2 Å². The van der Waals surface area contributed by atoms with Gasteiger partial charge in [0.05, 0.1) is 11.6 Å². The number of benzene rings is 2. The number of piperidine rings is 1. The number of hydrogen-bond donors (Lipinski definition) is 0. The molecule has 0 bridgehead atoms. The van der Waals surface area contributed by atoms with E-state index >= 15 is 0 Å². The van der Waals surface area contributed by atoms with Gasteiger partial charge in [0, 0.05) is 45.1 Å². The maximum Gasteiger partial charge on any atom is 0.265 e. The zero-order valence-electron chi connectivity index (χ0n) is 22.6. The summed E-state index contributed by atoms with van der Waals surface area (Å²) < 4.78 is 10.9. The monoisotopic (exact) mass is 531 g/mol. The van der Waals surface area contributed by atoms with Gasteiger partial charge in [-0.3, -0.25) is 14.4 Å². The Hall–Kier alpha value is -3.39. The summed E-state index contributed by atoms with van der Waals surface area (Å²) in [4.78, 5) is 44.4. The average Bonchev–Trinajstić information content (AvgIpc) is 3.89. The van der Waals surface area contributed by atoms with Crippen molar-refractivity contribution in [3.63, 3.8) is 0 Å². The number of nitrogens with zero attached hydrogens (tertiary/aromatic N) is 3. The molecule has 3 amide bonds. The molecule has 1 saturated heterocycles. The second-order valence-corrected chi connectivity index (χ2v) is 11.3. The predicted octanol–water partition coefficient (Wildman–Crippen LogP) is 4.08. The van der Waals surface area contributed by atoms with E-state index < -0.39 is 0 Å². The first kappa shape index (κ1) is 25.9. The van der Waals surface area contributed by atoms with Crippen LogP contribution < -0.4 is 14.5 Å². The molecule has 3 fully saturated rings. The van der Waals surface area contributed by atoms with Crippen molar-refractivity contribution in [3.8, 4) is 5.75 Å². The molecule has 39 heavy (non-hydrogen) atoms. The molecule has 2 saturated carbocycles. The number of anilines is 2. The van der Waals surface area contributed by atoms with Gasteiger partial charge in [-0.05, 0) is 79.7 Å². The zero-order chi connectivity index (χ0) is 26.9. The van der Waals surface area contributed by atoms with E-state index in [9.17, 15) is 14.4 Å². The third-order valence-electron chi connectivity index (χ3n) is 8.54. The van der Waals surface area contributed by atoms with E-state index in [2.05, 4.69) is 24.3 Å². The van der Waals surface area contributed by atoms with Crippen molar-refractivity contribution in [1.82, 2.24) is 4.90 Å². The highest BCUT2D eigenvalue weighted by Crippen LogP contribution is 2.44. The maximum absolute atomic E-state index is 14.4. The number of likely N-dealkylation sites (tertiary alicyclic amines) is 1. The van der Waals surface area contributed by atoms with Crippen LogP contribution in [0.3, 0.4) is 0 Å². The minimum absolute atomic E-state index is 0.00973. The number of carbonyl (C=O) groups excluding carboxylic acids is 3. The van der Waals surface area contributed by atoms with Gasteiger partial charge in [-0.15, -0.1) is 0 Å². The van der Waals surface area contributed by atoms with Gasteiger partial charge >= 0.3 is 0 Å². The smallest absolute Gasteiger partial charge is 0.265 e. The second-order valence-electron chi connectivity index (χ2n) is 11.3. The molecule has 8 nitrogen and oxygen atoms in total. The topological polar surface area (TPSA) is 79.4 Å². The van der Waals surface area contributed by atoms with Crippen molar-refractivity contribution in [2.75, 3.05) is 49.8 Å². The SMILES string of the molecule is COCCCN1C(=O)COc2ccc(N(C(=O)[C@H]3CN(C=O)CC[C@@H]3c3cccc(C4CC4)c3)C3CC3)cc21. The molecule has 2 aliphatic carbocycles. The van der Waals surface area contributed by atoms with Crippen LogP contribution in [-0.2, 0) is 19.1 Å². The number of ether oxygens (including phenoxy) is 2. The Balaban J connectivity index is 1.31. The normalized spacial score (nSPS) is 22.7. The van der Waals surface area contributed by atoms with Crippen LogP contribution >= 0.6 is 0 Å². The molecule has 2 aromatic carbocycles. The van der Waals surface area contributed by atoms with E-state index in [-0.39, 0.29) is 36.3 Å². The summed E-state index contributed by atoms with van der Waals surface area (Å²) in [6.45, 7) is 2.17.